The first kappa shape index (κ1) is 8.74. The van der Waals surface area contributed by atoms with E-state index in [9.17, 15) is 9.59 Å². The zero-order valence-corrected chi connectivity index (χ0v) is 7.28. The van der Waals surface area contributed by atoms with Gasteiger partial charge in [-0.15, -0.1) is 5.10 Å². The maximum Gasteiger partial charge on any atom is 0.289 e. The lowest BCUT2D eigenvalue weighted by Gasteiger charge is -2.12. The Kier molecular flexibility index (Phi) is 1.95. The van der Waals surface area contributed by atoms with E-state index in [-0.39, 0.29) is 11.6 Å². The number of amides is 1. The van der Waals surface area contributed by atoms with E-state index in [0.717, 1.165) is 6.42 Å². The summed E-state index contributed by atoms with van der Waals surface area (Å²) in [4.78, 5) is 23.8. The Bertz CT molecular complexity index is 426. The predicted molar refractivity (Wildman–Crippen MR) is 46.9 cm³/mol. The fourth-order valence-electron chi connectivity index (χ4n) is 1.42. The third-order valence-electron chi connectivity index (χ3n) is 2.05. The molecule has 1 radical (unpaired) electrons. The number of rotatable bonds is 1. The molecule has 6 nitrogen and oxygen atoms in total. The number of hydrogen-bond donors (Lipinski definition) is 2. The fourth-order valence-corrected chi connectivity index (χ4v) is 1.42. The van der Waals surface area contributed by atoms with Crippen molar-refractivity contribution in [3.63, 3.8) is 0 Å². The Hall–Kier alpha value is -1.85. The highest BCUT2D eigenvalue weighted by Gasteiger charge is 2.24. The molecule has 2 heterocycles. The van der Waals surface area contributed by atoms with Gasteiger partial charge in [-0.2, -0.15) is 0 Å². The van der Waals surface area contributed by atoms with E-state index in [0.29, 0.717) is 13.0 Å². The van der Waals surface area contributed by atoms with Crippen LogP contribution in [0.2, 0.25) is 0 Å². The Morgan fingerprint density at radius 3 is 2.93 bits per heavy atom. The second-order valence-corrected chi connectivity index (χ2v) is 3.00. The molecule has 1 aromatic heterocycles. The average molecular weight is 194 g/mol. The van der Waals surface area contributed by atoms with Gasteiger partial charge < -0.3 is 10.0 Å². The van der Waals surface area contributed by atoms with Crippen molar-refractivity contribution in [2.24, 2.45) is 0 Å². The molecule has 1 amide bonds. The van der Waals surface area contributed by atoms with Crippen LogP contribution in [-0.2, 0) is 4.79 Å². The summed E-state index contributed by atoms with van der Waals surface area (Å²) in [5, 5.41) is 14.4. The molecule has 0 aliphatic carbocycles. The summed E-state index contributed by atoms with van der Waals surface area (Å²) in [5.41, 5.74) is -0.474. The molecule has 0 spiro atoms. The number of aromatic hydroxyl groups is 1. The number of nitrogens with one attached hydrogen (secondary N) is 1. The zero-order chi connectivity index (χ0) is 10.1. The second-order valence-electron chi connectivity index (χ2n) is 3.00. The molecule has 0 bridgehead atoms. The third kappa shape index (κ3) is 1.34. The molecule has 1 aliphatic rings. The highest BCUT2D eigenvalue weighted by Crippen LogP contribution is 2.18. The van der Waals surface area contributed by atoms with E-state index in [2.05, 4.69) is 16.3 Å². The van der Waals surface area contributed by atoms with Crippen LogP contribution in [0.1, 0.15) is 12.8 Å². The first-order valence-electron chi connectivity index (χ1n) is 4.20. The number of carbonyl (C=O) groups excluding carboxylic acids is 1. The number of aromatic amines is 1. The maximum absolute atomic E-state index is 11.3. The number of carbonyl (C=O) groups is 1. The molecular formula is C8H8N3O3. The highest BCUT2D eigenvalue weighted by atomic mass is 16.3. The largest absolute Gasteiger partial charge is 0.492 e. The van der Waals surface area contributed by atoms with Gasteiger partial charge in [-0.25, -0.2) is 5.10 Å². The molecule has 2 N–H and O–H groups in total. The summed E-state index contributed by atoms with van der Waals surface area (Å²) in [6, 6.07) is 2.35. The van der Waals surface area contributed by atoms with Gasteiger partial charge in [0.05, 0.1) is 6.07 Å². The minimum atomic E-state index is -0.516. The molecule has 2 rings (SSSR count). The monoisotopic (exact) mass is 194 g/mol. The van der Waals surface area contributed by atoms with Crippen molar-refractivity contribution < 1.29 is 9.90 Å². The lowest BCUT2D eigenvalue weighted by molar-refractivity contribution is -0.117. The van der Waals surface area contributed by atoms with Crippen molar-refractivity contribution >= 4 is 11.6 Å². The topological polar surface area (TPSA) is 86.3 Å². The zero-order valence-electron chi connectivity index (χ0n) is 7.28. The Morgan fingerprint density at radius 1 is 1.50 bits per heavy atom. The quantitative estimate of drug-likeness (QED) is 0.625. The van der Waals surface area contributed by atoms with Gasteiger partial charge in [0.2, 0.25) is 11.8 Å². The Balaban J connectivity index is 2.45. The number of nitrogens with zero attached hydrogens (tertiary/aromatic N) is 2. The van der Waals surface area contributed by atoms with Crippen molar-refractivity contribution in [2.75, 3.05) is 11.4 Å². The summed E-state index contributed by atoms with van der Waals surface area (Å²) < 4.78 is 0. The van der Waals surface area contributed by atoms with E-state index < -0.39 is 11.4 Å². The van der Waals surface area contributed by atoms with E-state index in [1.165, 1.54) is 4.90 Å². The van der Waals surface area contributed by atoms with Crippen LogP contribution >= 0.6 is 0 Å². The fraction of sp³-hybridized carbons (Fsp3) is 0.375. The average Bonchev–Trinajstić information content (AvgIpc) is 2.56. The van der Waals surface area contributed by atoms with E-state index in [4.69, 9.17) is 5.11 Å². The van der Waals surface area contributed by atoms with Crippen molar-refractivity contribution in [3.05, 3.63) is 16.4 Å². The number of anilines is 1. The molecule has 0 saturated carbocycles. The molecule has 0 atom stereocenters. The van der Waals surface area contributed by atoms with Gasteiger partial charge in [0, 0.05) is 13.0 Å². The summed E-state index contributed by atoms with van der Waals surface area (Å²) in [7, 11) is 0. The minimum Gasteiger partial charge on any atom is -0.492 e. The summed E-state index contributed by atoms with van der Waals surface area (Å²) in [6.45, 7) is 0.488. The lowest BCUT2D eigenvalue weighted by Crippen LogP contribution is -2.30. The van der Waals surface area contributed by atoms with Crippen molar-refractivity contribution in [1.82, 2.24) is 10.2 Å². The van der Waals surface area contributed by atoms with Crippen LogP contribution in [0, 0.1) is 6.07 Å². The van der Waals surface area contributed by atoms with Gasteiger partial charge in [-0.1, -0.05) is 0 Å². The minimum absolute atomic E-state index is 0.0417. The third-order valence-corrected chi connectivity index (χ3v) is 2.05. The van der Waals surface area contributed by atoms with Gasteiger partial charge in [0.25, 0.3) is 5.56 Å². The molecule has 1 aliphatic heterocycles. The number of H-pyrrole nitrogens is 1. The molecule has 1 saturated heterocycles. The van der Waals surface area contributed by atoms with Crippen LogP contribution in [0.25, 0.3) is 0 Å². The van der Waals surface area contributed by atoms with Gasteiger partial charge in [0.15, 0.2) is 0 Å². The first-order valence-corrected chi connectivity index (χ1v) is 4.20. The van der Waals surface area contributed by atoms with Crippen molar-refractivity contribution in [2.45, 2.75) is 12.8 Å². The van der Waals surface area contributed by atoms with Crippen LogP contribution in [-0.4, -0.2) is 27.8 Å². The number of hydrogen-bond acceptors (Lipinski definition) is 4. The van der Waals surface area contributed by atoms with Crippen LogP contribution in [0.15, 0.2) is 4.79 Å². The van der Waals surface area contributed by atoms with Crippen LogP contribution in [0.3, 0.4) is 0 Å². The van der Waals surface area contributed by atoms with Gasteiger partial charge >= 0.3 is 0 Å². The van der Waals surface area contributed by atoms with Crippen molar-refractivity contribution in [1.29, 1.82) is 0 Å². The van der Waals surface area contributed by atoms with Crippen LogP contribution < -0.4 is 10.5 Å². The lowest BCUT2D eigenvalue weighted by atomic mass is 10.4. The SMILES string of the molecule is O=C1CCCN1c1[c]c(O)n[nH]c1=O. The first-order chi connectivity index (χ1) is 6.68. The normalized spacial score (nSPS) is 16.3. The summed E-state index contributed by atoms with van der Waals surface area (Å²) >= 11 is 0. The van der Waals surface area contributed by atoms with Crippen LogP contribution in [0.4, 0.5) is 5.69 Å². The van der Waals surface area contributed by atoms with Gasteiger partial charge in [-0.05, 0) is 6.42 Å². The summed E-state index contributed by atoms with van der Waals surface area (Å²) in [6.07, 6.45) is 1.14. The van der Waals surface area contributed by atoms with E-state index in [1.807, 2.05) is 0 Å². The molecule has 1 fully saturated rings. The molecule has 6 heteroatoms. The predicted octanol–water partition coefficient (Wildman–Crippen LogP) is -0.598. The molecule has 0 unspecified atom stereocenters. The van der Waals surface area contributed by atoms with E-state index in [1.54, 1.807) is 0 Å². The Morgan fingerprint density at radius 2 is 2.29 bits per heavy atom. The van der Waals surface area contributed by atoms with Crippen LogP contribution in [0.5, 0.6) is 5.88 Å². The molecule has 1 aromatic rings. The van der Waals surface area contributed by atoms with Crippen molar-refractivity contribution in [3.8, 4) is 5.88 Å². The van der Waals surface area contributed by atoms with Gasteiger partial charge in [0.1, 0.15) is 5.69 Å². The van der Waals surface area contributed by atoms with Gasteiger partial charge in [-0.3, -0.25) is 9.59 Å². The molecule has 73 valence electrons. The van der Waals surface area contributed by atoms with E-state index >= 15 is 0 Å². The second kappa shape index (κ2) is 3.13. The smallest absolute Gasteiger partial charge is 0.289 e. The highest BCUT2D eigenvalue weighted by molar-refractivity contribution is 5.95. The summed E-state index contributed by atoms with van der Waals surface area (Å²) in [5.74, 6) is -0.545. The molecule has 14 heavy (non-hydrogen) atoms. The number of aromatic nitrogens is 2. The Labute approximate surface area is 79.2 Å². The molecule has 0 aromatic carbocycles. The standard InChI is InChI=1S/C8H8N3O3/c12-6-4-5(8(14)10-9-6)11-3-1-2-7(11)13/h1-3H2,(H,9,12)(H,10,14). The maximum atomic E-state index is 11.3. The molecular weight excluding hydrogens is 186 g/mol.